The Balaban J connectivity index is 2.57. The Kier molecular flexibility index (Phi) is 3.34. The highest BCUT2D eigenvalue weighted by Crippen LogP contribution is 2.34. The average Bonchev–Trinajstić information content (AvgIpc) is 2.74. The second-order valence-corrected chi connectivity index (χ2v) is 4.76. The molecule has 2 N–H and O–H groups in total. The fraction of sp³-hybridized carbons (Fsp3) is 0.154. The first-order valence-electron chi connectivity index (χ1n) is 5.26. The number of nitrogens with two attached hydrogens (primary N) is 1. The molecule has 0 aliphatic rings. The van der Waals surface area contributed by atoms with Crippen molar-refractivity contribution in [2.45, 2.75) is 6.92 Å². The van der Waals surface area contributed by atoms with Crippen LogP contribution < -0.4 is 5.73 Å². The minimum atomic E-state index is -0.510. The highest BCUT2D eigenvalue weighted by molar-refractivity contribution is 7.14. The molecule has 2 aromatic rings. The Labute approximate surface area is 108 Å². The number of nitrogen functional groups attached to an aromatic ring is 1. The van der Waals surface area contributed by atoms with Crippen LogP contribution in [0.1, 0.15) is 15.9 Å². The number of ether oxygens (including phenoxy) is 1. The predicted molar refractivity (Wildman–Crippen MR) is 70.2 cm³/mol. The first-order chi connectivity index (χ1) is 8.54. The minimum Gasteiger partial charge on any atom is -0.465 e. The highest BCUT2D eigenvalue weighted by Gasteiger charge is 2.19. The lowest BCUT2D eigenvalue weighted by Crippen LogP contribution is -2.04. The number of anilines is 1. The number of carbonyl (C=O) groups is 1. The molecule has 0 saturated carbocycles. The van der Waals surface area contributed by atoms with E-state index in [4.69, 9.17) is 5.73 Å². The van der Waals surface area contributed by atoms with Gasteiger partial charge in [0.1, 0.15) is 16.4 Å². The molecule has 0 radical (unpaired) electrons. The van der Waals surface area contributed by atoms with Crippen molar-refractivity contribution in [3.63, 3.8) is 0 Å². The number of halogens is 1. The molecular weight excluding hydrogens is 253 g/mol. The van der Waals surface area contributed by atoms with Crippen molar-refractivity contribution in [2.24, 2.45) is 0 Å². The number of aryl methyl sites for hydroxylation is 1. The summed E-state index contributed by atoms with van der Waals surface area (Å²) in [7, 11) is 1.29. The van der Waals surface area contributed by atoms with Gasteiger partial charge in [-0.05, 0) is 24.1 Å². The molecule has 0 unspecified atom stereocenters. The lowest BCUT2D eigenvalue weighted by molar-refractivity contribution is 0.0603. The van der Waals surface area contributed by atoms with Crippen molar-refractivity contribution in [3.05, 3.63) is 40.5 Å². The van der Waals surface area contributed by atoms with Gasteiger partial charge in [0.25, 0.3) is 0 Å². The molecule has 1 aromatic heterocycles. The number of hydrogen-bond acceptors (Lipinski definition) is 4. The average molecular weight is 265 g/mol. The third-order valence-corrected chi connectivity index (χ3v) is 3.50. The number of carbonyl (C=O) groups excluding carboxylic acids is 1. The van der Waals surface area contributed by atoms with Gasteiger partial charge in [-0.25, -0.2) is 9.18 Å². The van der Waals surface area contributed by atoms with Gasteiger partial charge in [-0.2, -0.15) is 0 Å². The SMILES string of the molecule is COC(=O)c1c(-c2ccc(C)c(F)c2)csc1N. The summed E-state index contributed by atoms with van der Waals surface area (Å²) in [6, 6.07) is 4.81. The summed E-state index contributed by atoms with van der Waals surface area (Å²) in [6.07, 6.45) is 0. The van der Waals surface area contributed by atoms with Crippen LogP contribution in [0.5, 0.6) is 0 Å². The van der Waals surface area contributed by atoms with Crippen LogP contribution in [0.4, 0.5) is 9.39 Å². The van der Waals surface area contributed by atoms with E-state index < -0.39 is 5.97 Å². The first kappa shape index (κ1) is 12.6. The lowest BCUT2D eigenvalue weighted by Gasteiger charge is -2.05. The predicted octanol–water partition coefficient (Wildman–Crippen LogP) is 3.23. The van der Waals surface area contributed by atoms with E-state index in [0.717, 1.165) is 0 Å². The van der Waals surface area contributed by atoms with Gasteiger partial charge in [0.05, 0.1) is 7.11 Å². The highest BCUT2D eigenvalue weighted by atomic mass is 32.1. The van der Waals surface area contributed by atoms with Gasteiger partial charge in [-0.1, -0.05) is 12.1 Å². The zero-order valence-electron chi connectivity index (χ0n) is 9.99. The number of benzene rings is 1. The Morgan fingerprint density at radius 2 is 2.17 bits per heavy atom. The number of hydrogen-bond donors (Lipinski definition) is 1. The summed E-state index contributed by atoms with van der Waals surface area (Å²) in [5.41, 5.74) is 7.82. The van der Waals surface area contributed by atoms with E-state index in [1.165, 1.54) is 24.5 Å². The van der Waals surface area contributed by atoms with Crippen molar-refractivity contribution in [2.75, 3.05) is 12.8 Å². The number of methoxy groups -OCH3 is 1. The Hall–Kier alpha value is -1.88. The van der Waals surface area contributed by atoms with Gasteiger partial charge in [0.15, 0.2) is 0 Å². The smallest absolute Gasteiger partial charge is 0.341 e. The third kappa shape index (κ3) is 2.09. The summed E-state index contributed by atoms with van der Waals surface area (Å²) in [5, 5.41) is 2.10. The van der Waals surface area contributed by atoms with Gasteiger partial charge in [-0.15, -0.1) is 11.3 Å². The summed E-state index contributed by atoms with van der Waals surface area (Å²) >= 11 is 1.23. The Bertz CT molecular complexity index is 607. The lowest BCUT2D eigenvalue weighted by atomic mass is 10.0. The molecule has 0 spiro atoms. The van der Waals surface area contributed by atoms with Gasteiger partial charge < -0.3 is 10.5 Å². The van der Waals surface area contributed by atoms with Crippen molar-refractivity contribution < 1.29 is 13.9 Å². The zero-order chi connectivity index (χ0) is 13.3. The maximum Gasteiger partial charge on any atom is 0.341 e. The molecule has 5 heteroatoms. The molecule has 1 heterocycles. The Morgan fingerprint density at radius 3 is 2.78 bits per heavy atom. The summed E-state index contributed by atoms with van der Waals surface area (Å²) in [5.74, 6) is -0.821. The molecule has 0 atom stereocenters. The van der Waals surface area contributed by atoms with Crippen LogP contribution in [0, 0.1) is 12.7 Å². The second-order valence-electron chi connectivity index (χ2n) is 3.84. The summed E-state index contributed by atoms with van der Waals surface area (Å²) in [4.78, 5) is 11.7. The fourth-order valence-electron chi connectivity index (χ4n) is 1.66. The molecule has 0 bridgehead atoms. The standard InChI is InChI=1S/C13H12FNO2S/c1-7-3-4-8(5-10(7)14)9-6-18-12(15)11(9)13(16)17-2/h3-6H,15H2,1-2H3. The summed E-state index contributed by atoms with van der Waals surface area (Å²) < 4.78 is 18.2. The molecule has 1 aromatic carbocycles. The third-order valence-electron chi connectivity index (χ3n) is 2.69. The molecule has 0 amide bonds. The molecule has 2 rings (SSSR count). The van der Waals surface area contributed by atoms with E-state index in [-0.39, 0.29) is 5.82 Å². The van der Waals surface area contributed by atoms with Crippen LogP contribution in [0.2, 0.25) is 0 Å². The maximum absolute atomic E-state index is 13.5. The van der Waals surface area contributed by atoms with Crippen LogP contribution in [0.15, 0.2) is 23.6 Å². The molecule has 0 aliphatic carbocycles. The maximum atomic E-state index is 13.5. The van der Waals surface area contributed by atoms with E-state index in [2.05, 4.69) is 4.74 Å². The van der Waals surface area contributed by atoms with Crippen LogP contribution in [0.25, 0.3) is 11.1 Å². The van der Waals surface area contributed by atoms with Gasteiger partial charge in [0, 0.05) is 10.9 Å². The Morgan fingerprint density at radius 1 is 1.44 bits per heavy atom. The van der Waals surface area contributed by atoms with Crippen LogP contribution in [0.3, 0.4) is 0 Å². The number of rotatable bonds is 2. The van der Waals surface area contributed by atoms with E-state index in [0.29, 0.717) is 27.3 Å². The van der Waals surface area contributed by atoms with Crippen LogP contribution >= 0.6 is 11.3 Å². The molecule has 94 valence electrons. The van der Waals surface area contributed by atoms with Crippen molar-refractivity contribution in [3.8, 4) is 11.1 Å². The number of thiophene rings is 1. The summed E-state index contributed by atoms with van der Waals surface area (Å²) in [6.45, 7) is 1.68. The van der Waals surface area contributed by atoms with Gasteiger partial charge >= 0.3 is 5.97 Å². The second kappa shape index (κ2) is 4.78. The van der Waals surface area contributed by atoms with E-state index >= 15 is 0 Å². The van der Waals surface area contributed by atoms with E-state index in [1.54, 1.807) is 24.4 Å². The van der Waals surface area contributed by atoms with Gasteiger partial charge in [0.2, 0.25) is 0 Å². The monoisotopic (exact) mass is 265 g/mol. The van der Waals surface area contributed by atoms with Crippen LogP contribution in [-0.2, 0) is 4.74 Å². The molecule has 3 nitrogen and oxygen atoms in total. The number of esters is 1. The minimum absolute atomic E-state index is 0.297. The van der Waals surface area contributed by atoms with Crippen molar-refractivity contribution in [1.29, 1.82) is 0 Å². The van der Waals surface area contributed by atoms with E-state index in [9.17, 15) is 9.18 Å². The molecule has 0 fully saturated rings. The largest absolute Gasteiger partial charge is 0.465 e. The molecule has 0 saturated heterocycles. The van der Waals surface area contributed by atoms with E-state index in [1.807, 2.05) is 0 Å². The topological polar surface area (TPSA) is 52.3 Å². The van der Waals surface area contributed by atoms with Crippen LogP contribution in [-0.4, -0.2) is 13.1 Å². The van der Waals surface area contributed by atoms with Gasteiger partial charge in [-0.3, -0.25) is 0 Å². The normalized spacial score (nSPS) is 10.4. The zero-order valence-corrected chi connectivity index (χ0v) is 10.8. The first-order valence-corrected chi connectivity index (χ1v) is 6.14. The quantitative estimate of drug-likeness (QED) is 0.848. The fourth-order valence-corrected chi connectivity index (χ4v) is 2.47. The van der Waals surface area contributed by atoms with Crippen molar-refractivity contribution >= 4 is 22.3 Å². The molecule has 0 aliphatic heterocycles. The molecular formula is C13H12FNO2S. The molecule has 18 heavy (non-hydrogen) atoms. The van der Waals surface area contributed by atoms with Crippen molar-refractivity contribution in [1.82, 2.24) is 0 Å².